The number of aliphatic carboxylic acids is 1. The van der Waals surface area contributed by atoms with Gasteiger partial charge in [0, 0.05) is 6.54 Å². The Bertz CT molecular complexity index is 555. The first-order valence-corrected chi connectivity index (χ1v) is 5.56. The molecule has 0 aliphatic carbocycles. The summed E-state index contributed by atoms with van der Waals surface area (Å²) >= 11 is 0. The maximum absolute atomic E-state index is 13.0. The molecule has 0 aromatic heterocycles. The van der Waals surface area contributed by atoms with Crippen molar-refractivity contribution in [3.05, 3.63) is 35.4 Å². The lowest BCUT2D eigenvalue weighted by Crippen LogP contribution is -2.42. The quantitative estimate of drug-likeness (QED) is 0.797. The molecule has 7 heteroatoms. The highest BCUT2D eigenvalue weighted by atomic mass is 19.2. The molecule has 1 rings (SSSR count). The van der Waals surface area contributed by atoms with Crippen molar-refractivity contribution in [2.24, 2.45) is 0 Å². The van der Waals surface area contributed by atoms with E-state index in [-0.39, 0.29) is 13.1 Å². The molecule has 0 aliphatic heterocycles. The van der Waals surface area contributed by atoms with Crippen molar-refractivity contribution in [3.63, 3.8) is 0 Å². The normalized spacial score (nSPS) is 9.65. The third kappa shape index (κ3) is 4.57. The van der Waals surface area contributed by atoms with E-state index in [0.717, 1.165) is 17.0 Å². The van der Waals surface area contributed by atoms with Gasteiger partial charge in [-0.3, -0.25) is 4.79 Å². The summed E-state index contributed by atoms with van der Waals surface area (Å²) in [7, 11) is 0. The van der Waals surface area contributed by atoms with E-state index >= 15 is 0 Å². The van der Waals surface area contributed by atoms with Crippen molar-refractivity contribution >= 4 is 12.0 Å². The Hall–Kier alpha value is -2.62. The molecule has 0 aliphatic rings. The summed E-state index contributed by atoms with van der Waals surface area (Å²) in [4.78, 5) is 23.2. The van der Waals surface area contributed by atoms with E-state index < -0.39 is 30.2 Å². The van der Waals surface area contributed by atoms with Gasteiger partial charge in [-0.1, -0.05) is 12.0 Å². The number of hydrogen-bond acceptors (Lipinski definition) is 2. The molecule has 106 valence electrons. The molecular weight excluding hydrogens is 270 g/mol. The van der Waals surface area contributed by atoms with Crippen molar-refractivity contribution in [1.29, 1.82) is 0 Å². The monoisotopic (exact) mass is 282 g/mol. The Morgan fingerprint density at radius 3 is 2.60 bits per heavy atom. The topological polar surface area (TPSA) is 69.6 Å². The molecule has 1 aromatic carbocycles. The summed E-state index contributed by atoms with van der Waals surface area (Å²) in [5.74, 6) is -1.06. The van der Waals surface area contributed by atoms with Crippen molar-refractivity contribution in [2.45, 2.75) is 6.54 Å². The minimum absolute atomic E-state index is 0.0727. The first-order chi connectivity index (χ1) is 9.43. The third-order valence-corrected chi connectivity index (χ3v) is 2.32. The zero-order valence-corrected chi connectivity index (χ0v) is 10.4. The summed E-state index contributed by atoms with van der Waals surface area (Å²) in [5, 5.41) is 11.0. The van der Waals surface area contributed by atoms with E-state index in [0.29, 0.717) is 5.56 Å². The molecule has 0 saturated heterocycles. The summed E-state index contributed by atoms with van der Waals surface area (Å²) < 4.78 is 25.7. The summed E-state index contributed by atoms with van der Waals surface area (Å²) in [6.07, 6.45) is 5.03. The van der Waals surface area contributed by atoms with E-state index in [9.17, 15) is 18.4 Å². The standard InChI is InChI=1S/C13H12F2N2O3/c1-2-5-17(8-12(18)19)13(20)16-7-9-3-4-10(14)11(15)6-9/h1,3-4,6H,5,7-8H2,(H,16,20)(H,18,19). The number of nitrogens with one attached hydrogen (secondary N) is 1. The Kier molecular flexibility index (Phi) is 5.47. The Morgan fingerprint density at radius 1 is 1.35 bits per heavy atom. The molecule has 0 spiro atoms. The zero-order valence-electron chi connectivity index (χ0n) is 10.4. The SMILES string of the molecule is C#CCN(CC(=O)O)C(=O)NCc1ccc(F)c(F)c1. The molecule has 5 nitrogen and oxygen atoms in total. The lowest BCUT2D eigenvalue weighted by Gasteiger charge is -2.18. The number of rotatable bonds is 5. The van der Waals surface area contributed by atoms with Gasteiger partial charge in [-0.2, -0.15) is 0 Å². The van der Waals surface area contributed by atoms with Crippen LogP contribution in [0.25, 0.3) is 0 Å². The highest BCUT2D eigenvalue weighted by Gasteiger charge is 2.15. The lowest BCUT2D eigenvalue weighted by atomic mass is 10.2. The Labute approximate surface area is 114 Å². The number of amides is 2. The van der Waals surface area contributed by atoms with Gasteiger partial charge in [0.2, 0.25) is 0 Å². The number of carbonyl (C=O) groups is 2. The number of carboxylic acid groups (broad SMARTS) is 1. The van der Waals surface area contributed by atoms with Crippen LogP contribution < -0.4 is 5.32 Å². The van der Waals surface area contributed by atoms with Gasteiger partial charge < -0.3 is 15.3 Å². The van der Waals surface area contributed by atoms with Crippen molar-refractivity contribution in [3.8, 4) is 12.3 Å². The van der Waals surface area contributed by atoms with Crippen LogP contribution in [0.3, 0.4) is 0 Å². The first-order valence-electron chi connectivity index (χ1n) is 5.56. The maximum atomic E-state index is 13.0. The van der Waals surface area contributed by atoms with Gasteiger partial charge in [0.05, 0.1) is 6.54 Å². The second-order valence-corrected chi connectivity index (χ2v) is 3.86. The van der Waals surface area contributed by atoms with E-state index in [1.54, 1.807) is 0 Å². The number of terminal acetylenes is 1. The predicted molar refractivity (Wildman–Crippen MR) is 66.6 cm³/mol. The second kappa shape index (κ2) is 7.09. The minimum atomic E-state index is -1.21. The van der Waals surface area contributed by atoms with Crippen molar-refractivity contribution in [1.82, 2.24) is 10.2 Å². The van der Waals surface area contributed by atoms with E-state index in [4.69, 9.17) is 11.5 Å². The molecule has 2 amide bonds. The Morgan fingerprint density at radius 2 is 2.05 bits per heavy atom. The molecular formula is C13H12F2N2O3. The highest BCUT2D eigenvalue weighted by molar-refractivity contribution is 5.80. The summed E-state index contributed by atoms with van der Waals surface area (Å²) in [6, 6.07) is 2.49. The number of nitrogens with zero attached hydrogens (tertiary/aromatic N) is 1. The van der Waals surface area contributed by atoms with Crippen LogP contribution >= 0.6 is 0 Å². The number of halogens is 2. The van der Waals surface area contributed by atoms with E-state index in [2.05, 4.69) is 11.2 Å². The molecule has 20 heavy (non-hydrogen) atoms. The van der Waals surface area contributed by atoms with Crippen LogP contribution in [0.1, 0.15) is 5.56 Å². The maximum Gasteiger partial charge on any atom is 0.323 e. The highest BCUT2D eigenvalue weighted by Crippen LogP contribution is 2.08. The van der Waals surface area contributed by atoms with E-state index in [1.807, 2.05) is 0 Å². The van der Waals surface area contributed by atoms with Crippen LogP contribution in [0.5, 0.6) is 0 Å². The first kappa shape index (κ1) is 15.4. The molecule has 0 fully saturated rings. The van der Waals surface area contributed by atoms with Gasteiger partial charge in [0.1, 0.15) is 6.54 Å². The van der Waals surface area contributed by atoms with Crippen LogP contribution in [0, 0.1) is 24.0 Å². The number of benzene rings is 1. The lowest BCUT2D eigenvalue weighted by molar-refractivity contribution is -0.137. The smallest absolute Gasteiger partial charge is 0.323 e. The van der Waals surface area contributed by atoms with Gasteiger partial charge in [0.25, 0.3) is 0 Å². The summed E-state index contributed by atoms with van der Waals surface area (Å²) in [6.45, 7) is -0.791. The number of hydrogen-bond donors (Lipinski definition) is 2. The number of carboxylic acids is 1. The van der Waals surface area contributed by atoms with Crippen LogP contribution in [0.15, 0.2) is 18.2 Å². The third-order valence-electron chi connectivity index (χ3n) is 2.32. The van der Waals surface area contributed by atoms with Crippen LogP contribution in [-0.4, -0.2) is 35.1 Å². The van der Waals surface area contributed by atoms with Gasteiger partial charge in [-0.15, -0.1) is 6.42 Å². The average molecular weight is 282 g/mol. The fourth-order valence-electron chi connectivity index (χ4n) is 1.41. The fraction of sp³-hybridized carbons (Fsp3) is 0.231. The molecule has 0 saturated carbocycles. The average Bonchev–Trinajstić information content (AvgIpc) is 2.39. The molecule has 1 aromatic rings. The molecule has 0 atom stereocenters. The Balaban J connectivity index is 2.62. The van der Waals surface area contributed by atoms with E-state index in [1.165, 1.54) is 6.07 Å². The van der Waals surface area contributed by atoms with Crippen LogP contribution in [-0.2, 0) is 11.3 Å². The largest absolute Gasteiger partial charge is 0.480 e. The molecule has 0 heterocycles. The number of carbonyl (C=O) groups excluding carboxylic acids is 1. The number of urea groups is 1. The zero-order chi connectivity index (χ0) is 15.1. The minimum Gasteiger partial charge on any atom is -0.480 e. The molecule has 2 N–H and O–H groups in total. The second-order valence-electron chi connectivity index (χ2n) is 3.86. The molecule has 0 unspecified atom stereocenters. The van der Waals surface area contributed by atoms with Gasteiger partial charge in [-0.25, -0.2) is 13.6 Å². The van der Waals surface area contributed by atoms with Gasteiger partial charge >= 0.3 is 12.0 Å². The van der Waals surface area contributed by atoms with Crippen LogP contribution in [0.4, 0.5) is 13.6 Å². The van der Waals surface area contributed by atoms with Crippen molar-refractivity contribution < 1.29 is 23.5 Å². The van der Waals surface area contributed by atoms with Gasteiger partial charge in [-0.05, 0) is 17.7 Å². The van der Waals surface area contributed by atoms with Crippen molar-refractivity contribution in [2.75, 3.05) is 13.1 Å². The molecule has 0 radical (unpaired) electrons. The molecule has 0 bridgehead atoms. The van der Waals surface area contributed by atoms with Gasteiger partial charge in [0.15, 0.2) is 11.6 Å². The summed E-state index contributed by atoms with van der Waals surface area (Å²) in [5.41, 5.74) is 0.341. The fourth-order valence-corrected chi connectivity index (χ4v) is 1.41. The predicted octanol–water partition coefficient (Wildman–Crippen LogP) is 1.19. The van der Waals surface area contributed by atoms with Crippen LogP contribution in [0.2, 0.25) is 0 Å².